The third-order valence-corrected chi connectivity index (χ3v) is 7.87. The molecular formula is C21H26BrN3O5S. The molecule has 1 fully saturated rings. The summed E-state index contributed by atoms with van der Waals surface area (Å²) in [5.41, 5.74) is 2.73. The number of amides is 1. The van der Waals surface area contributed by atoms with Gasteiger partial charge in [-0.1, -0.05) is 15.9 Å². The van der Waals surface area contributed by atoms with Gasteiger partial charge in [0.1, 0.15) is 5.75 Å². The normalized spacial score (nSPS) is 15.5. The number of halogens is 1. The molecule has 0 bridgehead atoms. The number of hydrogen-bond acceptors (Lipinski definition) is 6. The Kier molecular flexibility index (Phi) is 7.25. The van der Waals surface area contributed by atoms with E-state index < -0.39 is 15.9 Å². The van der Waals surface area contributed by atoms with E-state index in [1.165, 1.54) is 32.4 Å². The predicted molar refractivity (Wildman–Crippen MR) is 121 cm³/mol. The molecule has 31 heavy (non-hydrogen) atoms. The Hall–Kier alpha value is -2.14. The number of likely N-dealkylation sites (tertiary alicyclic amines) is 1. The number of hydroxylamine groups is 1. The fourth-order valence-corrected chi connectivity index (χ4v) is 5.58. The van der Waals surface area contributed by atoms with Crippen LogP contribution in [0.3, 0.4) is 0 Å². The second-order valence-electron chi connectivity index (χ2n) is 7.56. The highest BCUT2D eigenvalue weighted by Crippen LogP contribution is 2.40. The lowest BCUT2D eigenvalue weighted by atomic mass is 9.87. The monoisotopic (exact) mass is 511 g/mol. The number of nitrogens with zero attached hydrogens (tertiary/aromatic N) is 2. The van der Waals surface area contributed by atoms with Crippen molar-refractivity contribution in [2.75, 3.05) is 38.6 Å². The minimum atomic E-state index is -3.98. The third-order valence-electron chi connectivity index (χ3n) is 5.64. The second kappa shape index (κ2) is 9.56. The first-order valence-electron chi connectivity index (χ1n) is 9.78. The van der Waals surface area contributed by atoms with Crippen LogP contribution in [0.4, 0.5) is 5.69 Å². The third kappa shape index (κ3) is 4.87. The van der Waals surface area contributed by atoms with Gasteiger partial charge in [-0.25, -0.2) is 13.9 Å². The van der Waals surface area contributed by atoms with E-state index in [1.54, 1.807) is 17.6 Å². The maximum atomic E-state index is 13.4. The number of ether oxygens (including phenoxy) is 1. The van der Waals surface area contributed by atoms with Crippen LogP contribution < -0.4 is 14.5 Å². The average Bonchev–Trinajstić information content (AvgIpc) is 2.78. The second-order valence-corrected chi connectivity index (χ2v) is 10.4. The van der Waals surface area contributed by atoms with Crippen molar-refractivity contribution in [3.8, 4) is 5.75 Å². The molecule has 2 aromatic rings. The maximum Gasteiger partial charge on any atom is 0.276 e. The number of anilines is 1. The quantitative estimate of drug-likeness (QED) is 0.456. The molecule has 0 unspecified atom stereocenters. The van der Waals surface area contributed by atoms with E-state index in [2.05, 4.69) is 20.8 Å². The lowest BCUT2D eigenvalue weighted by molar-refractivity contribution is 0.0707. The predicted octanol–water partition coefficient (Wildman–Crippen LogP) is 3.21. The summed E-state index contributed by atoms with van der Waals surface area (Å²) in [7, 11) is 1.00. The molecule has 0 saturated carbocycles. The molecule has 0 spiro atoms. The molecule has 1 aliphatic heterocycles. The van der Waals surface area contributed by atoms with Gasteiger partial charge >= 0.3 is 0 Å². The van der Waals surface area contributed by atoms with Gasteiger partial charge < -0.3 is 9.64 Å². The Bertz CT molecular complexity index is 1050. The van der Waals surface area contributed by atoms with Gasteiger partial charge in [-0.3, -0.25) is 14.3 Å². The van der Waals surface area contributed by atoms with Gasteiger partial charge in [0.2, 0.25) is 0 Å². The fourth-order valence-electron chi connectivity index (χ4n) is 3.86. The van der Waals surface area contributed by atoms with Crippen molar-refractivity contribution in [3.63, 3.8) is 0 Å². The van der Waals surface area contributed by atoms with E-state index in [9.17, 15) is 18.4 Å². The topological polar surface area (TPSA) is 99.2 Å². The van der Waals surface area contributed by atoms with Crippen LogP contribution >= 0.6 is 15.9 Å². The first-order chi connectivity index (χ1) is 14.7. The van der Waals surface area contributed by atoms with E-state index >= 15 is 0 Å². The molecule has 0 aromatic heterocycles. The molecule has 1 heterocycles. The zero-order valence-corrected chi connectivity index (χ0v) is 20.0. The van der Waals surface area contributed by atoms with Crippen LogP contribution in [0.25, 0.3) is 0 Å². The lowest BCUT2D eigenvalue weighted by Gasteiger charge is -2.33. The highest BCUT2D eigenvalue weighted by atomic mass is 79.9. The number of sulfonamides is 1. The first kappa shape index (κ1) is 23.5. The van der Waals surface area contributed by atoms with Crippen LogP contribution in [-0.4, -0.2) is 58.7 Å². The zero-order valence-electron chi connectivity index (χ0n) is 17.6. The van der Waals surface area contributed by atoms with Crippen molar-refractivity contribution in [1.29, 1.82) is 0 Å². The molecule has 1 amide bonds. The highest BCUT2D eigenvalue weighted by molar-refractivity contribution is 9.10. The maximum absolute atomic E-state index is 13.4. The Labute approximate surface area is 190 Å². The van der Waals surface area contributed by atoms with Gasteiger partial charge in [0, 0.05) is 11.5 Å². The number of carbonyl (C=O) groups excluding carboxylic acids is 1. The van der Waals surface area contributed by atoms with Crippen molar-refractivity contribution >= 4 is 37.5 Å². The average molecular weight is 512 g/mol. The molecule has 10 heteroatoms. The van der Waals surface area contributed by atoms with Gasteiger partial charge in [0.05, 0.1) is 23.3 Å². The van der Waals surface area contributed by atoms with E-state index in [0.29, 0.717) is 10.2 Å². The van der Waals surface area contributed by atoms with Gasteiger partial charge in [-0.05, 0) is 80.9 Å². The van der Waals surface area contributed by atoms with Crippen LogP contribution in [0.15, 0.2) is 45.8 Å². The number of nitrogens with one attached hydrogen (secondary N) is 1. The van der Waals surface area contributed by atoms with Crippen LogP contribution in [0.1, 0.15) is 34.7 Å². The number of benzene rings is 2. The van der Waals surface area contributed by atoms with E-state index in [0.717, 1.165) is 35.8 Å². The molecule has 2 aromatic carbocycles. The number of rotatable bonds is 6. The van der Waals surface area contributed by atoms with E-state index in [1.807, 2.05) is 13.1 Å². The summed E-state index contributed by atoms with van der Waals surface area (Å²) in [5, 5.41) is 9.30. The molecule has 1 aliphatic rings. The number of piperidine rings is 1. The largest absolute Gasteiger partial charge is 0.497 e. The summed E-state index contributed by atoms with van der Waals surface area (Å²) < 4.78 is 33.8. The Balaban J connectivity index is 2.15. The molecule has 3 rings (SSSR count). The molecule has 0 radical (unpaired) electrons. The summed E-state index contributed by atoms with van der Waals surface area (Å²) in [6.07, 6.45) is 1.66. The number of hydrogen-bond donors (Lipinski definition) is 2. The van der Waals surface area contributed by atoms with Crippen molar-refractivity contribution in [1.82, 2.24) is 10.4 Å². The molecular weight excluding hydrogens is 486 g/mol. The first-order valence-corrected chi connectivity index (χ1v) is 12.0. The standard InChI is InChI=1S/C21H26BrN3O5S/c1-24-10-8-14(9-11-24)18-12-15(22)13-19(21(26)23-27)20(18)25(2)31(28,29)17-6-4-16(30-3)5-7-17/h4-7,12-14,27H,8-11H2,1-3H3,(H,23,26). The van der Waals surface area contributed by atoms with Crippen molar-refractivity contribution in [2.45, 2.75) is 23.7 Å². The highest BCUT2D eigenvalue weighted by Gasteiger charge is 2.31. The smallest absolute Gasteiger partial charge is 0.276 e. The molecule has 8 nitrogen and oxygen atoms in total. The fraction of sp³-hybridized carbons (Fsp3) is 0.381. The molecule has 168 valence electrons. The summed E-state index contributed by atoms with van der Waals surface area (Å²) in [4.78, 5) is 14.8. The molecule has 2 N–H and O–H groups in total. The van der Waals surface area contributed by atoms with Gasteiger partial charge in [0.25, 0.3) is 15.9 Å². The number of methoxy groups -OCH3 is 1. The lowest BCUT2D eigenvalue weighted by Crippen LogP contribution is -2.33. The summed E-state index contributed by atoms with van der Waals surface area (Å²) in [5.74, 6) is -0.165. The Morgan fingerprint density at radius 1 is 1.23 bits per heavy atom. The minimum absolute atomic E-state index is 0.0717. The summed E-state index contributed by atoms with van der Waals surface area (Å²) >= 11 is 3.43. The SMILES string of the molecule is COc1ccc(S(=O)(=O)N(C)c2c(C(=O)NO)cc(Br)cc2C2CCN(C)CC2)cc1. The van der Waals surface area contributed by atoms with Crippen LogP contribution in [0.2, 0.25) is 0 Å². The number of carbonyl (C=O) groups is 1. The summed E-state index contributed by atoms with van der Waals surface area (Å²) in [6, 6.07) is 9.44. The van der Waals surface area contributed by atoms with Gasteiger partial charge in [-0.15, -0.1) is 0 Å². The Morgan fingerprint density at radius 3 is 2.39 bits per heavy atom. The Morgan fingerprint density at radius 2 is 1.84 bits per heavy atom. The van der Waals surface area contributed by atoms with Gasteiger partial charge in [-0.2, -0.15) is 0 Å². The van der Waals surface area contributed by atoms with Crippen molar-refractivity contribution in [3.05, 3.63) is 52.0 Å². The summed E-state index contributed by atoms with van der Waals surface area (Å²) in [6.45, 7) is 1.74. The van der Waals surface area contributed by atoms with Crippen molar-refractivity contribution < 1.29 is 23.2 Å². The zero-order chi connectivity index (χ0) is 22.8. The molecule has 1 saturated heterocycles. The van der Waals surface area contributed by atoms with E-state index in [4.69, 9.17) is 4.74 Å². The van der Waals surface area contributed by atoms with Crippen molar-refractivity contribution in [2.24, 2.45) is 0 Å². The molecule has 0 aliphatic carbocycles. The molecule has 0 atom stereocenters. The van der Waals surface area contributed by atoms with Crippen LogP contribution in [0.5, 0.6) is 5.75 Å². The van der Waals surface area contributed by atoms with Gasteiger partial charge in [0.15, 0.2) is 0 Å². The van der Waals surface area contributed by atoms with E-state index in [-0.39, 0.29) is 22.1 Å². The minimum Gasteiger partial charge on any atom is -0.497 e. The van der Waals surface area contributed by atoms with Crippen LogP contribution in [0, 0.1) is 0 Å². The van der Waals surface area contributed by atoms with Crippen LogP contribution in [-0.2, 0) is 10.0 Å².